The average molecular weight is 142 g/mol. The highest BCUT2D eigenvalue weighted by Crippen LogP contribution is 2.31. The Bertz CT molecular complexity index is 142. The summed E-state index contributed by atoms with van der Waals surface area (Å²) in [6, 6.07) is 0. The lowest BCUT2D eigenvalue weighted by molar-refractivity contribution is -0.121. The summed E-state index contributed by atoms with van der Waals surface area (Å²) < 4.78 is 0. The fraction of sp³-hybridized carbons (Fsp3) is 0.875. The Balaban J connectivity index is 2.54. The smallest absolute Gasteiger partial charge is 0.133 e. The molecule has 1 N–H and O–H groups in total. The van der Waals surface area contributed by atoms with Crippen molar-refractivity contribution in [2.45, 2.75) is 32.8 Å². The fourth-order valence-electron chi connectivity index (χ4n) is 1.78. The molecule has 0 aromatic heterocycles. The Labute approximate surface area is 61.2 Å². The second-order valence-electron chi connectivity index (χ2n) is 3.32. The van der Waals surface area contributed by atoms with Crippen LogP contribution >= 0.6 is 0 Å². The number of aliphatic hydroxyl groups excluding tert-OH is 1. The summed E-state index contributed by atoms with van der Waals surface area (Å²) in [6.45, 7) is 3.64. The van der Waals surface area contributed by atoms with Crippen molar-refractivity contribution in [3.05, 3.63) is 0 Å². The van der Waals surface area contributed by atoms with Crippen LogP contribution in [-0.4, -0.2) is 17.0 Å². The minimum absolute atomic E-state index is 0.120. The van der Waals surface area contributed by atoms with E-state index in [4.69, 9.17) is 5.11 Å². The van der Waals surface area contributed by atoms with Gasteiger partial charge in [0.15, 0.2) is 0 Å². The standard InChI is InChI=1S/C8H14O2/c1-5-3-7(10)4-8(5)6(2)9/h5,7-8,10H,3-4H2,1-2H3. The summed E-state index contributed by atoms with van der Waals surface area (Å²) in [7, 11) is 0. The predicted molar refractivity (Wildman–Crippen MR) is 38.6 cm³/mol. The van der Waals surface area contributed by atoms with Crippen LogP contribution in [0.3, 0.4) is 0 Å². The number of ketones is 1. The van der Waals surface area contributed by atoms with Gasteiger partial charge in [0, 0.05) is 5.92 Å². The Morgan fingerprint density at radius 3 is 2.30 bits per heavy atom. The third-order valence-electron chi connectivity index (χ3n) is 2.38. The van der Waals surface area contributed by atoms with Gasteiger partial charge in [-0.2, -0.15) is 0 Å². The highest BCUT2D eigenvalue weighted by atomic mass is 16.3. The van der Waals surface area contributed by atoms with Gasteiger partial charge >= 0.3 is 0 Å². The molecule has 1 fully saturated rings. The number of carbonyl (C=O) groups is 1. The molecule has 2 nitrogen and oxygen atoms in total. The molecule has 0 spiro atoms. The van der Waals surface area contributed by atoms with E-state index in [1.54, 1.807) is 6.92 Å². The average Bonchev–Trinajstić information content (AvgIpc) is 2.10. The highest BCUT2D eigenvalue weighted by molar-refractivity contribution is 5.78. The largest absolute Gasteiger partial charge is 0.393 e. The molecule has 0 saturated heterocycles. The molecule has 58 valence electrons. The maximum Gasteiger partial charge on any atom is 0.133 e. The van der Waals surface area contributed by atoms with E-state index in [1.807, 2.05) is 6.92 Å². The van der Waals surface area contributed by atoms with Gasteiger partial charge in [-0.05, 0) is 25.7 Å². The second-order valence-corrected chi connectivity index (χ2v) is 3.32. The summed E-state index contributed by atoms with van der Waals surface area (Å²) in [4.78, 5) is 10.9. The lowest BCUT2D eigenvalue weighted by atomic mass is 9.95. The van der Waals surface area contributed by atoms with Crippen molar-refractivity contribution in [3.63, 3.8) is 0 Å². The minimum atomic E-state index is -0.233. The summed E-state index contributed by atoms with van der Waals surface area (Å²) in [5.41, 5.74) is 0. The van der Waals surface area contributed by atoms with Crippen molar-refractivity contribution in [3.8, 4) is 0 Å². The molecule has 1 aliphatic carbocycles. The van der Waals surface area contributed by atoms with Crippen molar-refractivity contribution in [1.82, 2.24) is 0 Å². The van der Waals surface area contributed by atoms with Crippen molar-refractivity contribution in [2.24, 2.45) is 11.8 Å². The van der Waals surface area contributed by atoms with Crippen molar-refractivity contribution < 1.29 is 9.90 Å². The maximum atomic E-state index is 10.9. The first-order valence-electron chi connectivity index (χ1n) is 3.79. The number of carbonyl (C=O) groups excluding carboxylic acids is 1. The number of Topliss-reactive ketones (excluding diaryl/α,β-unsaturated/α-hetero) is 1. The minimum Gasteiger partial charge on any atom is -0.393 e. The topological polar surface area (TPSA) is 37.3 Å². The van der Waals surface area contributed by atoms with Gasteiger partial charge in [-0.1, -0.05) is 6.92 Å². The molecule has 1 saturated carbocycles. The number of hydrogen-bond donors (Lipinski definition) is 1. The normalized spacial score (nSPS) is 40.1. The van der Waals surface area contributed by atoms with E-state index in [0.717, 1.165) is 6.42 Å². The Morgan fingerprint density at radius 1 is 1.50 bits per heavy atom. The van der Waals surface area contributed by atoms with Crippen LogP contribution in [0.25, 0.3) is 0 Å². The van der Waals surface area contributed by atoms with Gasteiger partial charge in [0.1, 0.15) is 5.78 Å². The van der Waals surface area contributed by atoms with Crippen LogP contribution in [0, 0.1) is 11.8 Å². The third-order valence-corrected chi connectivity index (χ3v) is 2.38. The van der Waals surface area contributed by atoms with Gasteiger partial charge in [-0.15, -0.1) is 0 Å². The highest BCUT2D eigenvalue weighted by Gasteiger charge is 2.32. The van der Waals surface area contributed by atoms with E-state index in [-0.39, 0.29) is 17.8 Å². The van der Waals surface area contributed by atoms with Crippen molar-refractivity contribution >= 4 is 5.78 Å². The third kappa shape index (κ3) is 1.37. The molecule has 3 atom stereocenters. The van der Waals surface area contributed by atoms with E-state index >= 15 is 0 Å². The van der Waals surface area contributed by atoms with Gasteiger partial charge in [0.05, 0.1) is 6.10 Å². The zero-order valence-electron chi connectivity index (χ0n) is 6.50. The van der Waals surface area contributed by atoms with Gasteiger partial charge in [0.25, 0.3) is 0 Å². The van der Waals surface area contributed by atoms with Crippen LogP contribution in [0.5, 0.6) is 0 Å². The molecule has 0 radical (unpaired) electrons. The molecule has 0 heterocycles. The molecule has 2 heteroatoms. The first kappa shape index (κ1) is 7.73. The van der Waals surface area contributed by atoms with E-state index in [1.165, 1.54) is 0 Å². The van der Waals surface area contributed by atoms with Gasteiger partial charge in [-0.25, -0.2) is 0 Å². The number of rotatable bonds is 1. The van der Waals surface area contributed by atoms with Crippen LogP contribution in [0.4, 0.5) is 0 Å². The fourth-order valence-corrected chi connectivity index (χ4v) is 1.78. The van der Waals surface area contributed by atoms with Gasteiger partial charge in [0.2, 0.25) is 0 Å². The van der Waals surface area contributed by atoms with E-state index in [2.05, 4.69) is 0 Å². The molecular formula is C8H14O2. The van der Waals surface area contributed by atoms with E-state index in [0.29, 0.717) is 12.3 Å². The maximum absolute atomic E-state index is 10.9. The van der Waals surface area contributed by atoms with E-state index < -0.39 is 0 Å². The zero-order chi connectivity index (χ0) is 7.72. The summed E-state index contributed by atoms with van der Waals surface area (Å²) in [5, 5.41) is 9.17. The molecule has 0 bridgehead atoms. The van der Waals surface area contributed by atoms with Crippen LogP contribution in [0.15, 0.2) is 0 Å². The van der Waals surface area contributed by atoms with E-state index in [9.17, 15) is 4.79 Å². The predicted octanol–water partition coefficient (Wildman–Crippen LogP) is 0.982. The number of aliphatic hydroxyl groups is 1. The first-order chi connectivity index (χ1) is 4.61. The monoisotopic (exact) mass is 142 g/mol. The van der Waals surface area contributed by atoms with Crippen LogP contribution in [0.1, 0.15) is 26.7 Å². The summed E-state index contributed by atoms with van der Waals surface area (Å²) in [6.07, 6.45) is 1.24. The molecule has 0 aliphatic heterocycles. The zero-order valence-corrected chi connectivity index (χ0v) is 6.50. The lowest BCUT2D eigenvalue weighted by Gasteiger charge is -2.08. The first-order valence-corrected chi connectivity index (χ1v) is 3.79. The van der Waals surface area contributed by atoms with Crippen molar-refractivity contribution in [2.75, 3.05) is 0 Å². The van der Waals surface area contributed by atoms with Gasteiger partial charge in [-0.3, -0.25) is 4.79 Å². The summed E-state index contributed by atoms with van der Waals surface area (Å²) >= 11 is 0. The quantitative estimate of drug-likeness (QED) is 0.592. The molecule has 3 unspecified atom stereocenters. The van der Waals surface area contributed by atoms with Crippen LogP contribution in [-0.2, 0) is 4.79 Å². The molecule has 0 amide bonds. The second kappa shape index (κ2) is 2.70. The van der Waals surface area contributed by atoms with Crippen LogP contribution in [0.2, 0.25) is 0 Å². The van der Waals surface area contributed by atoms with Crippen molar-refractivity contribution in [1.29, 1.82) is 0 Å². The summed E-state index contributed by atoms with van der Waals surface area (Å²) in [5.74, 6) is 0.728. The molecule has 0 aromatic carbocycles. The van der Waals surface area contributed by atoms with Gasteiger partial charge < -0.3 is 5.11 Å². The molecule has 1 rings (SSSR count). The number of hydrogen-bond acceptors (Lipinski definition) is 2. The Morgan fingerprint density at radius 2 is 2.10 bits per heavy atom. The lowest BCUT2D eigenvalue weighted by Crippen LogP contribution is -2.13. The molecule has 0 aromatic rings. The molecule has 10 heavy (non-hydrogen) atoms. The Hall–Kier alpha value is -0.370. The Kier molecular flexibility index (Phi) is 2.09. The van der Waals surface area contributed by atoms with Crippen LogP contribution < -0.4 is 0 Å². The SMILES string of the molecule is CC(=O)C1CC(O)CC1C. The molecule has 1 aliphatic rings. The molecular weight excluding hydrogens is 128 g/mol.